The maximum atomic E-state index is 10.9. The molecule has 29 heavy (non-hydrogen) atoms. The number of aromatic nitrogens is 3. The normalized spacial score (nSPS) is 17.1. The van der Waals surface area contributed by atoms with Crippen LogP contribution in [0, 0.1) is 10.1 Å². The molecule has 0 bridgehead atoms. The van der Waals surface area contributed by atoms with Crippen LogP contribution < -0.4 is 15.2 Å². The van der Waals surface area contributed by atoms with Gasteiger partial charge in [-0.1, -0.05) is 12.1 Å². The van der Waals surface area contributed by atoms with Gasteiger partial charge in [-0.25, -0.2) is 5.43 Å². The summed E-state index contributed by atoms with van der Waals surface area (Å²) in [5.74, 6) is 1.57. The molecule has 4 rings (SSSR count). The second-order valence-corrected chi connectivity index (χ2v) is 6.77. The molecule has 2 aromatic rings. The van der Waals surface area contributed by atoms with Gasteiger partial charge in [-0.05, 0) is 12.8 Å². The fraction of sp³-hybridized carbons (Fsp3) is 0.444. The number of non-ortho nitro benzene ring substituents is 1. The van der Waals surface area contributed by atoms with Gasteiger partial charge < -0.3 is 14.5 Å². The minimum Gasteiger partial charge on any atom is -0.378 e. The lowest BCUT2D eigenvalue weighted by Gasteiger charge is -2.27. The van der Waals surface area contributed by atoms with Crippen molar-refractivity contribution in [2.75, 3.05) is 54.6 Å². The molecule has 0 unspecified atom stereocenters. The second kappa shape index (κ2) is 8.78. The summed E-state index contributed by atoms with van der Waals surface area (Å²) in [6.07, 6.45) is 3.74. The predicted molar refractivity (Wildman–Crippen MR) is 109 cm³/mol. The van der Waals surface area contributed by atoms with Gasteiger partial charge in [0.2, 0.25) is 17.8 Å². The third-order valence-electron chi connectivity index (χ3n) is 4.75. The van der Waals surface area contributed by atoms with E-state index >= 15 is 0 Å². The topological polar surface area (TPSA) is 122 Å². The van der Waals surface area contributed by atoms with Crippen molar-refractivity contribution in [3.05, 3.63) is 39.9 Å². The zero-order valence-corrected chi connectivity index (χ0v) is 15.9. The van der Waals surface area contributed by atoms with E-state index in [1.807, 2.05) is 0 Å². The number of nitro benzene ring substituents is 1. The SMILES string of the molecule is O=[N+]([O-])c1cccc(/C=N/Nc2nc(N3CCCC3)nc(N3CCOCC3)n2)c1. The predicted octanol–water partition coefficient (Wildman–Crippen LogP) is 1.66. The minimum atomic E-state index is -0.437. The second-order valence-electron chi connectivity index (χ2n) is 6.77. The number of benzene rings is 1. The number of nitro groups is 1. The molecule has 2 saturated heterocycles. The molecule has 0 atom stereocenters. The van der Waals surface area contributed by atoms with Crippen molar-refractivity contribution >= 4 is 29.7 Å². The zero-order chi connectivity index (χ0) is 20.1. The largest absolute Gasteiger partial charge is 0.378 e. The van der Waals surface area contributed by atoms with Gasteiger partial charge in [-0.3, -0.25) is 10.1 Å². The molecular formula is C18H22N8O3. The van der Waals surface area contributed by atoms with Crippen LogP contribution in [0.5, 0.6) is 0 Å². The molecule has 3 heterocycles. The van der Waals surface area contributed by atoms with E-state index in [-0.39, 0.29) is 5.69 Å². The molecule has 0 aliphatic carbocycles. The summed E-state index contributed by atoms with van der Waals surface area (Å²) in [5, 5.41) is 15.1. The summed E-state index contributed by atoms with van der Waals surface area (Å²) < 4.78 is 5.41. The molecule has 2 aliphatic heterocycles. The Balaban J connectivity index is 1.54. The van der Waals surface area contributed by atoms with Gasteiger partial charge in [0.15, 0.2) is 0 Å². The number of anilines is 3. The number of nitrogens with one attached hydrogen (secondary N) is 1. The molecule has 1 aromatic heterocycles. The first kappa shape index (κ1) is 19.0. The number of rotatable bonds is 6. The third kappa shape index (κ3) is 4.74. The fourth-order valence-electron chi connectivity index (χ4n) is 3.25. The van der Waals surface area contributed by atoms with Crippen molar-refractivity contribution in [2.24, 2.45) is 5.10 Å². The fourth-order valence-corrected chi connectivity index (χ4v) is 3.25. The number of hydrogen-bond acceptors (Lipinski definition) is 10. The average molecular weight is 398 g/mol. The smallest absolute Gasteiger partial charge is 0.270 e. The minimum absolute atomic E-state index is 0.0139. The third-order valence-corrected chi connectivity index (χ3v) is 4.75. The summed E-state index contributed by atoms with van der Waals surface area (Å²) in [6, 6.07) is 6.24. The number of morpholine rings is 1. The summed E-state index contributed by atoms with van der Waals surface area (Å²) in [6.45, 7) is 4.56. The van der Waals surface area contributed by atoms with Crippen molar-refractivity contribution < 1.29 is 9.66 Å². The average Bonchev–Trinajstić information content (AvgIpc) is 3.29. The maximum absolute atomic E-state index is 10.9. The van der Waals surface area contributed by atoms with Crippen molar-refractivity contribution in [1.82, 2.24) is 15.0 Å². The van der Waals surface area contributed by atoms with Crippen molar-refractivity contribution in [3.63, 3.8) is 0 Å². The summed E-state index contributed by atoms with van der Waals surface area (Å²) in [5.41, 5.74) is 3.46. The summed E-state index contributed by atoms with van der Waals surface area (Å²) >= 11 is 0. The number of ether oxygens (including phenoxy) is 1. The zero-order valence-electron chi connectivity index (χ0n) is 15.9. The molecule has 0 radical (unpaired) electrons. The van der Waals surface area contributed by atoms with Crippen LogP contribution in [0.3, 0.4) is 0 Å². The Morgan fingerprint density at radius 2 is 1.76 bits per heavy atom. The lowest BCUT2D eigenvalue weighted by atomic mass is 10.2. The summed E-state index contributed by atoms with van der Waals surface area (Å²) in [7, 11) is 0. The van der Waals surface area contributed by atoms with E-state index in [0.717, 1.165) is 39.0 Å². The van der Waals surface area contributed by atoms with Crippen LogP contribution in [0.2, 0.25) is 0 Å². The van der Waals surface area contributed by atoms with E-state index < -0.39 is 4.92 Å². The first-order valence-corrected chi connectivity index (χ1v) is 9.56. The van der Waals surface area contributed by atoms with Gasteiger partial charge in [0.05, 0.1) is 24.4 Å². The highest BCUT2D eigenvalue weighted by Crippen LogP contribution is 2.21. The van der Waals surface area contributed by atoms with Gasteiger partial charge in [-0.15, -0.1) is 0 Å². The van der Waals surface area contributed by atoms with Gasteiger partial charge in [0.25, 0.3) is 5.69 Å². The van der Waals surface area contributed by atoms with Crippen molar-refractivity contribution in [3.8, 4) is 0 Å². The standard InChI is InChI=1S/C18H22N8O3/c27-26(28)15-5-3-4-14(12-15)13-19-23-16-20-17(24-6-1-2-7-24)22-18(21-16)25-8-10-29-11-9-25/h3-5,12-13H,1-2,6-11H2,(H,20,21,22,23)/b19-13+. The van der Waals surface area contributed by atoms with Crippen LogP contribution in [0.1, 0.15) is 18.4 Å². The lowest BCUT2D eigenvalue weighted by molar-refractivity contribution is -0.384. The number of nitrogens with zero attached hydrogens (tertiary/aromatic N) is 7. The van der Waals surface area contributed by atoms with E-state index in [1.54, 1.807) is 12.1 Å². The first-order valence-electron chi connectivity index (χ1n) is 9.56. The van der Waals surface area contributed by atoms with E-state index in [9.17, 15) is 10.1 Å². The molecule has 2 aliphatic rings. The first-order chi connectivity index (χ1) is 14.2. The Kier molecular flexibility index (Phi) is 5.75. The molecule has 1 aromatic carbocycles. The lowest BCUT2D eigenvalue weighted by Crippen LogP contribution is -2.38. The highest BCUT2D eigenvalue weighted by atomic mass is 16.6. The quantitative estimate of drug-likeness (QED) is 0.440. The molecule has 11 nitrogen and oxygen atoms in total. The van der Waals surface area contributed by atoms with Crippen LogP contribution >= 0.6 is 0 Å². The van der Waals surface area contributed by atoms with Gasteiger partial charge in [-0.2, -0.15) is 20.1 Å². The van der Waals surface area contributed by atoms with Crippen molar-refractivity contribution in [2.45, 2.75) is 12.8 Å². The van der Waals surface area contributed by atoms with E-state index in [1.165, 1.54) is 18.3 Å². The van der Waals surface area contributed by atoms with E-state index in [4.69, 9.17) is 4.74 Å². The highest BCUT2D eigenvalue weighted by Gasteiger charge is 2.21. The molecule has 1 N–H and O–H groups in total. The van der Waals surface area contributed by atoms with Crippen LogP contribution in [0.15, 0.2) is 29.4 Å². The van der Waals surface area contributed by atoms with Gasteiger partial charge in [0, 0.05) is 43.9 Å². The molecular weight excluding hydrogens is 376 g/mol. The van der Waals surface area contributed by atoms with Crippen LogP contribution in [-0.2, 0) is 4.74 Å². The van der Waals surface area contributed by atoms with Gasteiger partial charge in [0.1, 0.15) is 0 Å². The summed E-state index contributed by atoms with van der Waals surface area (Å²) in [4.78, 5) is 28.3. The molecule has 0 saturated carbocycles. The van der Waals surface area contributed by atoms with E-state index in [2.05, 4.69) is 35.3 Å². The Bertz CT molecular complexity index is 894. The molecule has 0 spiro atoms. The molecule has 2 fully saturated rings. The Hall–Kier alpha value is -3.34. The van der Waals surface area contributed by atoms with Crippen LogP contribution in [0.25, 0.3) is 0 Å². The van der Waals surface area contributed by atoms with E-state index in [0.29, 0.717) is 36.6 Å². The Labute approximate surface area is 167 Å². The monoisotopic (exact) mass is 398 g/mol. The molecule has 11 heteroatoms. The maximum Gasteiger partial charge on any atom is 0.270 e. The number of hydrazone groups is 1. The Morgan fingerprint density at radius 3 is 2.45 bits per heavy atom. The van der Waals surface area contributed by atoms with Crippen LogP contribution in [0.4, 0.5) is 23.5 Å². The van der Waals surface area contributed by atoms with Crippen molar-refractivity contribution in [1.29, 1.82) is 0 Å². The highest BCUT2D eigenvalue weighted by molar-refractivity contribution is 5.81. The molecule has 0 amide bonds. The van der Waals surface area contributed by atoms with Gasteiger partial charge >= 0.3 is 0 Å². The number of hydrogen-bond donors (Lipinski definition) is 1. The molecule has 152 valence electrons. The Morgan fingerprint density at radius 1 is 1.07 bits per heavy atom. The van der Waals surface area contributed by atoms with Crippen LogP contribution in [-0.4, -0.2) is 65.5 Å².